The Morgan fingerprint density at radius 1 is 1.24 bits per heavy atom. The van der Waals surface area contributed by atoms with Crippen LogP contribution in [0.1, 0.15) is 67.1 Å². The molecule has 0 spiro atoms. The third-order valence-electron chi connectivity index (χ3n) is 6.94. The third kappa shape index (κ3) is 3.73. The summed E-state index contributed by atoms with van der Waals surface area (Å²) in [5.41, 5.74) is 3.29. The maximum Gasteiger partial charge on any atom is 0.260 e. The van der Waals surface area contributed by atoms with Crippen molar-refractivity contribution < 1.29 is 4.79 Å². The Kier molecular flexibility index (Phi) is 5.81. The monoisotopic (exact) mass is 460 g/mol. The summed E-state index contributed by atoms with van der Waals surface area (Å²) in [4.78, 5) is 27.1. The second-order valence-electron chi connectivity index (χ2n) is 9.51. The molecule has 0 aromatic carbocycles. The highest BCUT2D eigenvalue weighted by Gasteiger charge is 2.33. The van der Waals surface area contributed by atoms with Crippen LogP contribution in [0.15, 0.2) is 24.3 Å². The van der Waals surface area contributed by atoms with Crippen molar-refractivity contribution in [2.75, 3.05) is 23.9 Å². The first kappa shape index (κ1) is 22.5. The molecule has 34 heavy (non-hydrogen) atoms. The molecule has 0 aliphatic carbocycles. The zero-order valence-electron chi connectivity index (χ0n) is 20.5. The van der Waals surface area contributed by atoms with Gasteiger partial charge in [-0.3, -0.25) is 9.69 Å². The van der Waals surface area contributed by atoms with Gasteiger partial charge in [-0.15, -0.1) is 10.2 Å². The SMILES string of the molecule is CNCc1nc(N(C)C(C)C)cc2c1CN(c1cccc(-c3nnc4n3[C@@H](C)CCC4)n1)C2=O. The van der Waals surface area contributed by atoms with Gasteiger partial charge in [-0.25, -0.2) is 9.97 Å². The molecule has 3 aromatic rings. The molecule has 178 valence electrons. The van der Waals surface area contributed by atoms with Gasteiger partial charge in [0.1, 0.15) is 23.2 Å². The number of aromatic nitrogens is 5. The van der Waals surface area contributed by atoms with E-state index < -0.39 is 0 Å². The summed E-state index contributed by atoms with van der Waals surface area (Å²) in [6.45, 7) is 7.47. The van der Waals surface area contributed by atoms with Crippen LogP contribution in [-0.4, -0.2) is 50.8 Å². The first-order valence-corrected chi connectivity index (χ1v) is 12.0. The molecule has 0 radical (unpaired) electrons. The summed E-state index contributed by atoms with van der Waals surface area (Å²) >= 11 is 0. The predicted molar refractivity (Wildman–Crippen MR) is 132 cm³/mol. The van der Waals surface area contributed by atoms with Crippen LogP contribution in [0.3, 0.4) is 0 Å². The van der Waals surface area contributed by atoms with Crippen molar-refractivity contribution in [1.82, 2.24) is 30.0 Å². The molecule has 2 aliphatic heterocycles. The van der Waals surface area contributed by atoms with E-state index in [9.17, 15) is 4.79 Å². The molecular weight excluding hydrogens is 428 g/mol. The number of carbonyl (C=O) groups excluding carboxylic acids is 1. The van der Waals surface area contributed by atoms with Crippen molar-refractivity contribution >= 4 is 17.5 Å². The van der Waals surface area contributed by atoms with E-state index in [1.807, 2.05) is 38.4 Å². The van der Waals surface area contributed by atoms with Crippen LogP contribution in [0.25, 0.3) is 11.5 Å². The van der Waals surface area contributed by atoms with Gasteiger partial charge < -0.3 is 14.8 Å². The van der Waals surface area contributed by atoms with Gasteiger partial charge in [0.2, 0.25) is 0 Å². The lowest BCUT2D eigenvalue weighted by Gasteiger charge is -2.24. The van der Waals surface area contributed by atoms with Gasteiger partial charge in [-0.05, 0) is 58.9 Å². The van der Waals surface area contributed by atoms with Crippen LogP contribution >= 0.6 is 0 Å². The van der Waals surface area contributed by atoms with Gasteiger partial charge >= 0.3 is 0 Å². The molecule has 9 nitrogen and oxygen atoms in total. The number of rotatable bonds is 6. The van der Waals surface area contributed by atoms with Gasteiger partial charge in [0.15, 0.2) is 5.82 Å². The zero-order valence-corrected chi connectivity index (χ0v) is 20.5. The fraction of sp³-hybridized carbons (Fsp3) is 0.480. The smallest absolute Gasteiger partial charge is 0.260 e. The molecule has 9 heteroatoms. The van der Waals surface area contributed by atoms with E-state index in [0.29, 0.717) is 30.5 Å². The first-order valence-electron chi connectivity index (χ1n) is 12.0. The highest BCUT2D eigenvalue weighted by molar-refractivity contribution is 6.10. The van der Waals surface area contributed by atoms with Crippen molar-refractivity contribution in [2.45, 2.75) is 65.2 Å². The Morgan fingerprint density at radius 2 is 2.06 bits per heavy atom. The van der Waals surface area contributed by atoms with Crippen molar-refractivity contribution in [2.24, 2.45) is 0 Å². The number of aryl methyl sites for hydroxylation is 1. The standard InChI is InChI=1S/C25H32N8O/c1-15(2)31(5)23-12-17-18(20(28-23)13-26-4)14-32(25(17)34)21-10-7-9-19(27-21)24-30-29-22-11-6-8-16(3)33(22)24/h7,9-10,12,15-16,26H,6,8,11,13-14H2,1-5H3/t16-/m0/s1. The molecule has 1 N–H and O–H groups in total. The van der Waals surface area contributed by atoms with Crippen LogP contribution in [-0.2, 0) is 19.5 Å². The second-order valence-corrected chi connectivity index (χ2v) is 9.51. The molecule has 0 fully saturated rings. The summed E-state index contributed by atoms with van der Waals surface area (Å²) < 4.78 is 2.19. The molecule has 0 bridgehead atoms. The van der Waals surface area contributed by atoms with Crippen molar-refractivity contribution in [3.8, 4) is 11.5 Å². The number of pyridine rings is 2. The van der Waals surface area contributed by atoms with Crippen LogP contribution in [0.2, 0.25) is 0 Å². The molecule has 2 aliphatic rings. The van der Waals surface area contributed by atoms with Crippen molar-refractivity contribution in [3.63, 3.8) is 0 Å². The molecule has 3 aromatic heterocycles. The molecule has 0 unspecified atom stereocenters. The van der Waals surface area contributed by atoms with E-state index in [2.05, 4.69) is 45.8 Å². The topological polar surface area (TPSA) is 92.1 Å². The number of nitrogens with zero attached hydrogens (tertiary/aromatic N) is 7. The number of hydrogen-bond donors (Lipinski definition) is 1. The number of amides is 1. The maximum absolute atomic E-state index is 13.6. The van der Waals surface area contributed by atoms with Gasteiger partial charge in [0.25, 0.3) is 5.91 Å². The van der Waals surface area contributed by atoms with Crippen molar-refractivity contribution in [3.05, 3.63) is 46.9 Å². The van der Waals surface area contributed by atoms with Crippen molar-refractivity contribution in [1.29, 1.82) is 0 Å². The van der Waals surface area contributed by atoms with Gasteiger partial charge in [0, 0.05) is 37.7 Å². The highest BCUT2D eigenvalue weighted by Crippen LogP contribution is 2.34. The normalized spacial score (nSPS) is 17.3. The molecule has 0 saturated carbocycles. The van der Waals surface area contributed by atoms with Crippen LogP contribution in [0.4, 0.5) is 11.6 Å². The summed E-state index contributed by atoms with van der Waals surface area (Å²) in [6, 6.07) is 8.29. The maximum atomic E-state index is 13.6. The fourth-order valence-corrected chi connectivity index (χ4v) is 4.81. The Labute approximate surface area is 200 Å². The van der Waals surface area contributed by atoms with E-state index in [1.165, 1.54) is 0 Å². The summed E-state index contributed by atoms with van der Waals surface area (Å²) in [6.07, 6.45) is 3.17. The lowest BCUT2D eigenvalue weighted by molar-refractivity contribution is 0.0996. The van der Waals surface area contributed by atoms with E-state index in [-0.39, 0.29) is 11.9 Å². The minimum absolute atomic E-state index is 0.0468. The fourth-order valence-electron chi connectivity index (χ4n) is 4.81. The Balaban J connectivity index is 1.51. The molecule has 1 amide bonds. The quantitative estimate of drug-likeness (QED) is 0.603. The average molecular weight is 461 g/mol. The molecule has 5 rings (SSSR count). The first-order chi connectivity index (χ1) is 16.4. The van der Waals surface area contributed by atoms with Gasteiger partial charge in [0.05, 0.1) is 17.8 Å². The molecular formula is C25H32N8O. The summed E-state index contributed by atoms with van der Waals surface area (Å²) in [7, 11) is 3.90. The number of fused-ring (bicyclic) bond motifs is 2. The predicted octanol–water partition coefficient (Wildman–Crippen LogP) is 3.36. The zero-order chi connectivity index (χ0) is 24.0. The van der Waals surface area contributed by atoms with Crippen LogP contribution in [0.5, 0.6) is 0 Å². The van der Waals surface area contributed by atoms with Gasteiger partial charge in [-0.2, -0.15) is 0 Å². The Bertz CT molecular complexity index is 1230. The van der Waals surface area contributed by atoms with E-state index in [1.54, 1.807) is 4.90 Å². The number of hydrogen-bond acceptors (Lipinski definition) is 7. The Morgan fingerprint density at radius 3 is 2.82 bits per heavy atom. The van der Waals surface area contributed by atoms with E-state index >= 15 is 0 Å². The summed E-state index contributed by atoms with van der Waals surface area (Å²) in [5.74, 6) is 3.16. The van der Waals surface area contributed by atoms with E-state index in [4.69, 9.17) is 9.97 Å². The van der Waals surface area contributed by atoms with Crippen LogP contribution < -0.4 is 15.1 Å². The number of anilines is 2. The molecule has 1 atom stereocenters. The second kappa shape index (κ2) is 8.79. The largest absolute Gasteiger partial charge is 0.357 e. The van der Waals surface area contributed by atoms with Crippen LogP contribution in [0, 0.1) is 0 Å². The average Bonchev–Trinajstić information content (AvgIpc) is 3.41. The lowest BCUT2D eigenvalue weighted by atomic mass is 10.1. The lowest BCUT2D eigenvalue weighted by Crippen LogP contribution is -2.27. The van der Waals surface area contributed by atoms with Gasteiger partial charge in [-0.1, -0.05) is 6.07 Å². The molecule has 5 heterocycles. The molecule has 0 saturated heterocycles. The highest BCUT2D eigenvalue weighted by atomic mass is 16.2. The minimum atomic E-state index is -0.0468. The van der Waals surface area contributed by atoms with E-state index in [0.717, 1.165) is 53.7 Å². The summed E-state index contributed by atoms with van der Waals surface area (Å²) in [5, 5.41) is 12.1. The number of nitrogens with one attached hydrogen (secondary N) is 1. The third-order valence-corrected chi connectivity index (χ3v) is 6.94. The minimum Gasteiger partial charge on any atom is -0.357 e. The Hall–Kier alpha value is -3.33. The number of carbonyl (C=O) groups is 1.